The molecule has 0 unspecified atom stereocenters. The summed E-state index contributed by atoms with van der Waals surface area (Å²) in [5.74, 6) is 0.803. The highest BCUT2D eigenvalue weighted by Crippen LogP contribution is 2.34. The Morgan fingerprint density at radius 2 is 1.84 bits per heavy atom. The van der Waals surface area contributed by atoms with Crippen molar-refractivity contribution < 1.29 is 9.47 Å². The first-order chi connectivity index (χ1) is 15.5. The molecule has 7 nitrogen and oxygen atoms in total. The van der Waals surface area contributed by atoms with Gasteiger partial charge in [0.05, 0.1) is 24.2 Å². The van der Waals surface area contributed by atoms with E-state index in [4.69, 9.17) is 21.1 Å². The van der Waals surface area contributed by atoms with Gasteiger partial charge in [0, 0.05) is 16.7 Å². The first-order valence-electron chi connectivity index (χ1n) is 9.80. The summed E-state index contributed by atoms with van der Waals surface area (Å²) in [6, 6.07) is 17.9. The molecule has 0 bridgehead atoms. The first kappa shape index (κ1) is 21.4. The highest BCUT2D eigenvalue weighted by Gasteiger charge is 2.13. The Morgan fingerprint density at radius 3 is 2.59 bits per heavy atom. The van der Waals surface area contributed by atoms with Crippen molar-refractivity contribution >= 4 is 28.7 Å². The van der Waals surface area contributed by atoms with E-state index in [9.17, 15) is 9.59 Å². The van der Waals surface area contributed by atoms with Crippen molar-refractivity contribution in [3.05, 3.63) is 103 Å². The Balaban J connectivity index is 1.73. The predicted molar refractivity (Wildman–Crippen MR) is 125 cm³/mol. The van der Waals surface area contributed by atoms with Crippen LogP contribution in [0.1, 0.15) is 16.7 Å². The van der Waals surface area contributed by atoms with Gasteiger partial charge in [0.1, 0.15) is 6.61 Å². The Hall–Kier alpha value is -3.84. The summed E-state index contributed by atoms with van der Waals surface area (Å²) in [7, 11) is 1.50. The number of halogens is 1. The summed E-state index contributed by atoms with van der Waals surface area (Å²) >= 11 is 6.22. The predicted octanol–water partition coefficient (Wildman–Crippen LogP) is 4.12. The van der Waals surface area contributed by atoms with E-state index in [1.807, 2.05) is 31.2 Å². The smallest absolute Gasteiger partial charge is 0.349 e. The average Bonchev–Trinajstić information content (AvgIpc) is 2.79. The Bertz CT molecular complexity index is 1420. The van der Waals surface area contributed by atoms with Crippen LogP contribution in [-0.2, 0) is 6.61 Å². The van der Waals surface area contributed by atoms with E-state index >= 15 is 0 Å². The molecule has 1 N–H and O–H groups in total. The summed E-state index contributed by atoms with van der Waals surface area (Å²) < 4.78 is 12.2. The van der Waals surface area contributed by atoms with E-state index in [1.165, 1.54) is 13.3 Å². The molecule has 4 aromatic rings. The number of aryl methyl sites for hydroxylation is 1. The number of benzene rings is 3. The van der Waals surface area contributed by atoms with Gasteiger partial charge in [-0.25, -0.2) is 4.79 Å². The summed E-state index contributed by atoms with van der Waals surface area (Å²) in [4.78, 5) is 27.8. The number of nitrogens with one attached hydrogen (secondary N) is 1. The molecule has 0 aliphatic rings. The molecule has 4 rings (SSSR count). The summed E-state index contributed by atoms with van der Waals surface area (Å²) in [6.07, 6.45) is 1.35. The van der Waals surface area contributed by atoms with E-state index in [0.29, 0.717) is 33.0 Å². The Kier molecular flexibility index (Phi) is 6.09. The molecule has 0 fully saturated rings. The van der Waals surface area contributed by atoms with Gasteiger partial charge in [-0.2, -0.15) is 5.10 Å². The van der Waals surface area contributed by atoms with Crippen LogP contribution in [0.2, 0.25) is 5.02 Å². The van der Waals surface area contributed by atoms with Crippen LogP contribution in [0.4, 0.5) is 0 Å². The summed E-state index contributed by atoms with van der Waals surface area (Å²) in [6.45, 7) is 2.30. The minimum atomic E-state index is -0.652. The fraction of sp³-hybridized carbons (Fsp3) is 0.125. The van der Waals surface area contributed by atoms with Gasteiger partial charge in [-0.3, -0.25) is 4.79 Å². The molecule has 1 aromatic heterocycles. The fourth-order valence-electron chi connectivity index (χ4n) is 3.21. The van der Waals surface area contributed by atoms with Crippen molar-refractivity contribution in [3.8, 4) is 11.5 Å². The quantitative estimate of drug-likeness (QED) is 0.449. The number of methoxy groups -OCH3 is 1. The molecule has 0 radical (unpaired) electrons. The van der Waals surface area contributed by atoms with E-state index in [2.05, 4.69) is 10.1 Å². The van der Waals surface area contributed by atoms with E-state index in [0.717, 1.165) is 15.8 Å². The summed E-state index contributed by atoms with van der Waals surface area (Å²) in [5.41, 5.74) is 1.84. The Morgan fingerprint density at radius 1 is 1.09 bits per heavy atom. The maximum Gasteiger partial charge on any atom is 0.349 e. The van der Waals surface area contributed by atoms with Crippen LogP contribution in [0.5, 0.6) is 11.5 Å². The molecular formula is C24H20ClN3O4. The minimum Gasteiger partial charge on any atom is -0.493 e. The monoisotopic (exact) mass is 449 g/mol. The number of H-pyrrole nitrogens is 1. The molecule has 0 aliphatic heterocycles. The molecular weight excluding hydrogens is 430 g/mol. The summed E-state index contributed by atoms with van der Waals surface area (Å²) in [5, 5.41) is 4.86. The number of fused-ring (bicyclic) bond motifs is 1. The third-order valence-electron chi connectivity index (χ3n) is 4.87. The molecule has 3 aromatic carbocycles. The van der Waals surface area contributed by atoms with E-state index in [1.54, 1.807) is 36.4 Å². The van der Waals surface area contributed by atoms with Gasteiger partial charge in [0.25, 0.3) is 5.56 Å². The lowest BCUT2D eigenvalue weighted by Gasteiger charge is -2.14. The largest absolute Gasteiger partial charge is 0.493 e. The lowest BCUT2D eigenvalue weighted by molar-refractivity contribution is 0.284. The minimum absolute atomic E-state index is 0.287. The van der Waals surface area contributed by atoms with Crippen LogP contribution in [0.15, 0.2) is 75.4 Å². The van der Waals surface area contributed by atoms with Crippen LogP contribution >= 0.6 is 11.6 Å². The van der Waals surface area contributed by atoms with Gasteiger partial charge in [0.15, 0.2) is 11.5 Å². The van der Waals surface area contributed by atoms with Crippen molar-refractivity contribution in [2.45, 2.75) is 13.5 Å². The molecule has 0 atom stereocenters. The number of rotatable bonds is 6. The van der Waals surface area contributed by atoms with E-state index < -0.39 is 11.2 Å². The molecule has 162 valence electrons. The lowest BCUT2D eigenvalue weighted by Crippen LogP contribution is -2.32. The zero-order valence-corrected chi connectivity index (χ0v) is 18.2. The second-order valence-corrected chi connectivity index (χ2v) is 7.57. The molecule has 0 amide bonds. The number of ether oxygens (including phenoxy) is 2. The molecule has 0 saturated carbocycles. The maximum absolute atomic E-state index is 12.7. The second kappa shape index (κ2) is 9.11. The van der Waals surface area contributed by atoms with Crippen molar-refractivity contribution in [2.75, 3.05) is 7.11 Å². The van der Waals surface area contributed by atoms with Gasteiger partial charge in [-0.15, -0.1) is 4.68 Å². The number of nitrogens with zero attached hydrogens (tertiary/aromatic N) is 2. The Labute approximate surface area is 188 Å². The zero-order valence-electron chi connectivity index (χ0n) is 17.5. The van der Waals surface area contributed by atoms with Gasteiger partial charge >= 0.3 is 5.69 Å². The van der Waals surface area contributed by atoms with Crippen molar-refractivity contribution in [1.29, 1.82) is 0 Å². The maximum atomic E-state index is 12.7. The number of para-hydroxylation sites is 1. The van der Waals surface area contributed by atoms with Crippen LogP contribution < -0.4 is 20.7 Å². The van der Waals surface area contributed by atoms with Gasteiger partial charge in [0.2, 0.25) is 0 Å². The first-order valence-corrected chi connectivity index (χ1v) is 10.2. The van der Waals surface area contributed by atoms with Gasteiger partial charge in [-0.05, 0) is 30.7 Å². The topological polar surface area (TPSA) is 85.7 Å². The SMILES string of the molecule is COc1cc(Cl)cc(C=Nn2c(=O)[nH]c3ccccc3c2=O)c1OCc1ccc(C)cc1. The number of aromatic amines is 1. The number of hydrogen-bond acceptors (Lipinski definition) is 5. The third kappa shape index (κ3) is 4.43. The van der Waals surface area contributed by atoms with E-state index in [-0.39, 0.29) is 6.61 Å². The molecule has 0 saturated heterocycles. The van der Waals surface area contributed by atoms with Crippen molar-refractivity contribution in [3.63, 3.8) is 0 Å². The van der Waals surface area contributed by atoms with Crippen LogP contribution in [0, 0.1) is 6.92 Å². The van der Waals surface area contributed by atoms with Crippen LogP contribution in [0.3, 0.4) is 0 Å². The van der Waals surface area contributed by atoms with Gasteiger partial charge in [-0.1, -0.05) is 53.6 Å². The van der Waals surface area contributed by atoms with Crippen LogP contribution in [0.25, 0.3) is 10.9 Å². The molecule has 0 aliphatic carbocycles. The molecule has 8 heteroatoms. The van der Waals surface area contributed by atoms with Gasteiger partial charge < -0.3 is 14.5 Å². The number of aromatic nitrogens is 2. The lowest BCUT2D eigenvalue weighted by atomic mass is 10.1. The molecule has 0 spiro atoms. The highest BCUT2D eigenvalue weighted by atomic mass is 35.5. The average molecular weight is 450 g/mol. The standard InChI is InChI=1S/C24H20ClN3O4/c1-15-7-9-16(10-8-15)14-32-22-17(11-18(25)12-21(22)31-2)13-26-28-23(29)19-5-3-4-6-20(19)27-24(28)30/h3-13H,14H2,1-2H3,(H,27,30). The fourth-order valence-corrected chi connectivity index (χ4v) is 3.43. The zero-order chi connectivity index (χ0) is 22.7. The van der Waals surface area contributed by atoms with Crippen LogP contribution in [-0.4, -0.2) is 23.0 Å². The third-order valence-corrected chi connectivity index (χ3v) is 5.09. The van der Waals surface area contributed by atoms with Crippen molar-refractivity contribution in [2.24, 2.45) is 5.10 Å². The second-order valence-electron chi connectivity index (χ2n) is 7.14. The molecule has 32 heavy (non-hydrogen) atoms. The molecule has 1 heterocycles. The number of hydrogen-bond donors (Lipinski definition) is 1. The van der Waals surface area contributed by atoms with Crippen molar-refractivity contribution in [1.82, 2.24) is 9.66 Å². The normalized spacial score (nSPS) is 11.2. The highest BCUT2D eigenvalue weighted by molar-refractivity contribution is 6.31.